The van der Waals surface area contributed by atoms with E-state index in [1.54, 1.807) is 0 Å². The summed E-state index contributed by atoms with van der Waals surface area (Å²) in [4.78, 5) is 24.1. The van der Waals surface area contributed by atoms with Crippen LogP contribution in [-0.4, -0.2) is 59.7 Å². The van der Waals surface area contributed by atoms with Gasteiger partial charge >= 0.3 is 0 Å². The summed E-state index contributed by atoms with van der Waals surface area (Å²) in [6.07, 6.45) is 1.82. The van der Waals surface area contributed by atoms with E-state index in [-0.39, 0.29) is 0 Å². The maximum Gasteiger partial charge on any atom is 0.227 e. The van der Waals surface area contributed by atoms with Gasteiger partial charge in [0.1, 0.15) is 11.6 Å². The Morgan fingerprint density at radius 1 is 1.12 bits per heavy atom. The van der Waals surface area contributed by atoms with Crippen molar-refractivity contribution in [2.75, 3.05) is 60.2 Å². The van der Waals surface area contributed by atoms with E-state index in [2.05, 4.69) is 41.6 Å². The van der Waals surface area contributed by atoms with E-state index in [0.29, 0.717) is 5.95 Å². The van der Waals surface area contributed by atoms with Crippen molar-refractivity contribution in [3.8, 4) is 0 Å². The molecule has 0 radical (unpaired) electrons. The number of piperazine rings is 1. The van der Waals surface area contributed by atoms with E-state index < -0.39 is 0 Å². The smallest absolute Gasteiger partial charge is 0.227 e. The van der Waals surface area contributed by atoms with Gasteiger partial charge in [0.05, 0.1) is 0 Å². The molecule has 0 spiro atoms. The topological polar surface area (TPSA) is 87.3 Å². The van der Waals surface area contributed by atoms with Gasteiger partial charge in [0, 0.05) is 57.7 Å². The van der Waals surface area contributed by atoms with E-state index >= 15 is 0 Å². The van der Waals surface area contributed by atoms with E-state index in [4.69, 9.17) is 5.73 Å². The van der Waals surface area contributed by atoms with Crippen LogP contribution in [0.5, 0.6) is 0 Å². The van der Waals surface area contributed by atoms with Crippen molar-refractivity contribution in [1.29, 1.82) is 0 Å². The second kappa shape index (κ2) is 6.86. The Balaban J connectivity index is 1.69. The third-order valence-electron chi connectivity index (χ3n) is 4.24. The molecule has 1 fully saturated rings. The summed E-state index contributed by atoms with van der Waals surface area (Å²) in [6.45, 7) is 8.36. The molecule has 1 saturated heterocycles. The van der Waals surface area contributed by atoms with Crippen molar-refractivity contribution in [1.82, 2.24) is 19.9 Å². The maximum absolute atomic E-state index is 5.76. The number of aryl methyl sites for hydroxylation is 1. The molecule has 3 heterocycles. The number of rotatable bonds is 4. The average Bonchev–Trinajstić information content (AvgIpc) is 2.60. The first-order valence-electron chi connectivity index (χ1n) is 8.22. The summed E-state index contributed by atoms with van der Waals surface area (Å²) in [5.74, 6) is 2.95. The molecule has 0 amide bonds. The number of hydrogen-bond donors (Lipinski definition) is 1. The van der Waals surface area contributed by atoms with Crippen LogP contribution in [-0.2, 0) is 0 Å². The fourth-order valence-electron chi connectivity index (χ4n) is 2.74. The highest BCUT2D eigenvalue weighted by atomic mass is 15.3. The Kier molecular flexibility index (Phi) is 4.64. The Labute approximate surface area is 142 Å². The SMILES string of the molecule is CCN(C)c1ccnc(N2CCN(c3cc(C)nc(N)n3)CC2)n1. The van der Waals surface area contributed by atoms with Crippen LogP contribution in [0.25, 0.3) is 0 Å². The zero-order valence-electron chi connectivity index (χ0n) is 14.5. The quantitative estimate of drug-likeness (QED) is 0.887. The van der Waals surface area contributed by atoms with Crippen molar-refractivity contribution in [2.45, 2.75) is 13.8 Å². The molecule has 0 unspecified atom stereocenters. The van der Waals surface area contributed by atoms with Crippen molar-refractivity contribution in [3.05, 3.63) is 24.0 Å². The number of nitrogens with zero attached hydrogens (tertiary/aromatic N) is 7. The van der Waals surface area contributed by atoms with Gasteiger partial charge in [-0.25, -0.2) is 9.97 Å². The minimum atomic E-state index is 0.325. The summed E-state index contributed by atoms with van der Waals surface area (Å²) in [7, 11) is 2.03. The number of aromatic nitrogens is 4. The molecule has 0 saturated carbocycles. The van der Waals surface area contributed by atoms with Gasteiger partial charge in [-0.3, -0.25) is 0 Å². The molecular weight excluding hydrogens is 304 g/mol. The Hall–Kier alpha value is -2.64. The van der Waals surface area contributed by atoms with Crippen LogP contribution in [0.4, 0.5) is 23.5 Å². The molecule has 24 heavy (non-hydrogen) atoms. The molecular formula is C16H24N8. The lowest BCUT2D eigenvalue weighted by molar-refractivity contribution is 0.633. The Morgan fingerprint density at radius 2 is 1.83 bits per heavy atom. The molecule has 0 atom stereocenters. The van der Waals surface area contributed by atoms with Gasteiger partial charge in [-0.1, -0.05) is 0 Å². The Bertz CT molecular complexity index is 676. The third-order valence-corrected chi connectivity index (χ3v) is 4.24. The van der Waals surface area contributed by atoms with Crippen LogP contribution in [0.1, 0.15) is 12.6 Å². The van der Waals surface area contributed by atoms with E-state index in [1.807, 2.05) is 32.3 Å². The second-order valence-electron chi connectivity index (χ2n) is 5.93. The Morgan fingerprint density at radius 3 is 2.50 bits per heavy atom. The molecule has 2 aromatic rings. The van der Waals surface area contributed by atoms with Crippen LogP contribution in [0.3, 0.4) is 0 Å². The van der Waals surface area contributed by atoms with E-state index in [9.17, 15) is 0 Å². The predicted octanol–water partition coefficient (Wildman–Crippen LogP) is 0.940. The molecule has 128 valence electrons. The minimum Gasteiger partial charge on any atom is -0.368 e. The average molecular weight is 328 g/mol. The lowest BCUT2D eigenvalue weighted by atomic mass is 10.3. The molecule has 8 heteroatoms. The zero-order chi connectivity index (χ0) is 17.1. The van der Waals surface area contributed by atoms with Gasteiger partial charge < -0.3 is 20.4 Å². The second-order valence-corrected chi connectivity index (χ2v) is 5.93. The predicted molar refractivity (Wildman–Crippen MR) is 96.6 cm³/mol. The van der Waals surface area contributed by atoms with Crippen LogP contribution in [0.2, 0.25) is 0 Å². The van der Waals surface area contributed by atoms with Gasteiger partial charge in [-0.05, 0) is 19.9 Å². The first kappa shape index (κ1) is 16.2. The van der Waals surface area contributed by atoms with Crippen molar-refractivity contribution in [2.24, 2.45) is 0 Å². The lowest BCUT2D eigenvalue weighted by Crippen LogP contribution is -2.47. The van der Waals surface area contributed by atoms with Crippen LogP contribution >= 0.6 is 0 Å². The summed E-state index contributed by atoms with van der Waals surface area (Å²) in [6, 6.07) is 3.91. The van der Waals surface area contributed by atoms with Gasteiger partial charge in [0.15, 0.2) is 0 Å². The van der Waals surface area contributed by atoms with Crippen LogP contribution in [0, 0.1) is 6.92 Å². The molecule has 0 aliphatic carbocycles. The molecule has 3 rings (SSSR count). The highest BCUT2D eigenvalue weighted by Gasteiger charge is 2.21. The lowest BCUT2D eigenvalue weighted by Gasteiger charge is -2.35. The molecule has 1 aliphatic rings. The molecule has 0 aromatic carbocycles. The largest absolute Gasteiger partial charge is 0.368 e. The van der Waals surface area contributed by atoms with Crippen molar-refractivity contribution >= 4 is 23.5 Å². The van der Waals surface area contributed by atoms with Crippen LogP contribution in [0.15, 0.2) is 18.3 Å². The highest BCUT2D eigenvalue weighted by Crippen LogP contribution is 2.19. The molecule has 0 bridgehead atoms. The van der Waals surface area contributed by atoms with Crippen LogP contribution < -0.4 is 20.4 Å². The van der Waals surface area contributed by atoms with Crippen molar-refractivity contribution < 1.29 is 0 Å². The molecule has 2 N–H and O–H groups in total. The van der Waals surface area contributed by atoms with E-state index in [0.717, 1.165) is 56.0 Å². The number of anilines is 4. The van der Waals surface area contributed by atoms with Gasteiger partial charge in [0.2, 0.25) is 11.9 Å². The summed E-state index contributed by atoms with van der Waals surface area (Å²) in [5.41, 5.74) is 6.65. The molecule has 8 nitrogen and oxygen atoms in total. The standard InChI is InChI=1S/C16H24N8/c1-4-22(3)13-5-6-18-16(21-13)24-9-7-23(8-10-24)14-11-12(2)19-15(17)20-14/h5-6,11H,4,7-10H2,1-3H3,(H2,17,19,20). The maximum atomic E-state index is 5.76. The van der Waals surface area contributed by atoms with Gasteiger partial charge in [-0.15, -0.1) is 0 Å². The first-order chi connectivity index (χ1) is 11.6. The monoisotopic (exact) mass is 328 g/mol. The summed E-state index contributed by atoms with van der Waals surface area (Å²) in [5, 5.41) is 0. The minimum absolute atomic E-state index is 0.325. The highest BCUT2D eigenvalue weighted by molar-refractivity contribution is 5.47. The fraction of sp³-hybridized carbons (Fsp3) is 0.500. The number of nitrogen functional groups attached to an aromatic ring is 1. The number of hydrogen-bond acceptors (Lipinski definition) is 8. The van der Waals surface area contributed by atoms with Gasteiger partial charge in [-0.2, -0.15) is 9.97 Å². The van der Waals surface area contributed by atoms with Gasteiger partial charge in [0.25, 0.3) is 0 Å². The third kappa shape index (κ3) is 3.47. The summed E-state index contributed by atoms with van der Waals surface area (Å²) < 4.78 is 0. The normalized spacial score (nSPS) is 14.8. The van der Waals surface area contributed by atoms with Crippen molar-refractivity contribution in [3.63, 3.8) is 0 Å². The van der Waals surface area contributed by atoms with E-state index in [1.165, 1.54) is 0 Å². The molecule has 1 aliphatic heterocycles. The fourth-order valence-corrected chi connectivity index (χ4v) is 2.74. The zero-order valence-corrected chi connectivity index (χ0v) is 14.5. The number of nitrogens with two attached hydrogens (primary N) is 1. The first-order valence-corrected chi connectivity index (χ1v) is 8.22. The summed E-state index contributed by atoms with van der Waals surface area (Å²) >= 11 is 0. The molecule has 2 aromatic heterocycles.